The Morgan fingerprint density at radius 1 is 1.15 bits per heavy atom. The van der Waals surface area contributed by atoms with Gasteiger partial charge in [-0.05, 0) is 42.4 Å². The molecule has 2 rings (SSSR count). The Kier molecular flexibility index (Phi) is 3.69. The predicted octanol–water partition coefficient (Wildman–Crippen LogP) is 3.02. The SMILES string of the molecule is CC1CCC(NC(=O)C2C(C)(C)C2(C)C)(C(N)=S)CC1. The van der Waals surface area contributed by atoms with E-state index >= 15 is 0 Å². The van der Waals surface area contributed by atoms with Crippen molar-refractivity contribution in [1.29, 1.82) is 0 Å². The summed E-state index contributed by atoms with van der Waals surface area (Å²) in [5.74, 6) is 0.881. The smallest absolute Gasteiger partial charge is 0.225 e. The lowest BCUT2D eigenvalue weighted by atomic mass is 9.77. The molecular formula is C16H28N2OS. The third kappa shape index (κ3) is 2.26. The highest BCUT2D eigenvalue weighted by Crippen LogP contribution is 2.68. The fraction of sp³-hybridized carbons (Fsp3) is 0.875. The Morgan fingerprint density at radius 2 is 1.60 bits per heavy atom. The van der Waals surface area contributed by atoms with Crippen LogP contribution in [-0.4, -0.2) is 16.4 Å². The predicted molar refractivity (Wildman–Crippen MR) is 86.3 cm³/mol. The molecule has 0 radical (unpaired) electrons. The number of nitrogens with two attached hydrogens (primary N) is 1. The van der Waals surface area contributed by atoms with Gasteiger partial charge >= 0.3 is 0 Å². The number of hydrogen-bond donors (Lipinski definition) is 2. The van der Waals surface area contributed by atoms with Gasteiger partial charge in [0.25, 0.3) is 0 Å². The van der Waals surface area contributed by atoms with E-state index in [0.29, 0.717) is 10.9 Å². The molecule has 0 bridgehead atoms. The molecule has 2 fully saturated rings. The van der Waals surface area contributed by atoms with E-state index in [0.717, 1.165) is 25.7 Å². The molecule has 0 heterocycles. The van der Waals surface area contributed by atoms with Crippen LogP contribution in [0.4, 0.5) is 0 Å². The van der Waals surface area contributed by atoms with Crippen LogP contribution >= 0.6 is 12.2 Å². The molecule has 2 saturated carbocycles. The third-order valence-corrected chi connectivity index (χ3v) is 6.64. The molecule has 114 valence electrons. The van der Waals surface area contributed by atoms with Gasteiger partial charge in [0.1, 0.15) is 0 Å². The molecule has 0 aliphatic heterocycles. The maximum Gasteiger partial charge on any atom is 0.225 e. The largest absolute Gasteiger partial charge is 0.391 e. The highest BCUT2D eigenvalue weighted by molar-refractivity contribution is 7.80. The quantitative estimate of drug-likeness (QED) is 0.787. The van der Waals surface area contributed by atoms with Crippen LogP contribution in [0.15, 0.2) is 0 Å². The van der Waals surface area contributed by atoms with Crippen molar-refractivity contribution in [2.75, 3.05) is 0 Å². The van der Waals surface area contributed by atoms with Crippen LogP contribution in [0.3, 0.4) is 0 Å². The second-order valence-electron chi connectivity index (χ2n) is 7.99. The summed E-state index contributed by atoms with van der Waals surface area (Å²) in [6.45, 7) is 10.9. The van der Waals surface area contributed by atoms with Gasteiger partial charge in [0.15, 0.2) is 0 Å². The molecule has 20 heavy (non-hydrogen) atoms. The van der Waals surface area contributed by atoms with Crippen LogP contribution in [-0.2, 0) is 4.79 Å². The van der Waals surface area contributed by atoms with Crippen LogP contribution < -0.4 is 11.1 Å². The molecule has 2 aliphatic carbocycles. The van der Waals surface area contributed by atoms with Crippen molar-refractivity contribution in [2.45, 2.75) is 65.8 Å². The number of amides is 1. The van der Waals surface area contributed by atoms with Gasteiger partial charge in [0, 0.05) is 5.92 Å². The van der Waals surface area contributed by atoms with Crippen molar-refractivity contribution in [3.63, 3.8) is 0 Å². The van der Waals surface area contributed by atoms with Gasteiger partial charge in [-0.3, -0.25) is 4.79 Å². The second kappa shape index (κ2) is 4.69. The zero-order chi connectivity index (χ0) is 15.3. The first-order valence-electron chi connectivity index (χ1n) is 7.66. The molecule has 0 aromatic carbocycles. The first-order chi connectivity index (χ1) is 9.04. The summed E-state index contributed by atoms with van der Waals surface area (Å²) >= 11 is 5.27. The van der Waals surface area contributed by atoms with Crippen LogP contribution in [0.1, 0.15) is 60.3 Å². The number of carbonyl (C=O) groups is 1. The minimum atomic E-state index is -0.451. The molecule has 0 aromatic heterocycles. The monoisotopic (exact) mass is 296 g/mol. The summed E-state index contributed by atoms with van der Waals surface area (Å²) in [4.78, 5) is 13.1. The molecule has 0 aromatic rings. The normalized spacial score (nSPS) is 35.4. The van der Waals surface area contributed by atoms with E-state index in [9.17, 15) is 4.79 Å². The van der Waals surface area contributed by atoms with Crippen LogP contribution in [0.25, 0.3) is 0 Å². The molecular weight excluding hydrogens is 268 g/mol. The lowest BCUT2D eigenvalue weighted by molar-refractivity contribution is -0.125. The van der Waals surface area contributed by atoms with Crippen molar-refractivity contribution in [3.05, 3.63) is 0 Å². The molecule has 0 unspecified atom stereocenters. The summed E-state index contributed by atoms with van der Waals surface area (Å²) in [7, 11) is 0. The van der Waals surface area contributed by atoms with Crippen molar-refractivity contribution < 1.29 is 4.79 Å². The van der Waals surface area contributed by atoms with E-state index in [2.05, 4.69) is 39.9 Å². The Balaban J connectivity index is 2.11. The summed E-state index contributed by atoms with van der Waals surface area (Å²) < 4.78 is 0. The number of carbonyl (C=O) groups excluding carboxylic acids is 1. The standard InChI is InChI=1S/C16H28N2OS/c1-10-6-8-16(9-7-10,13(17)20)18-12(19)11-14(2,3)15(11,4)5/h10-11H,6-9H2,1-5H3,(H2,17,20)(H,18,19). The van der Waals surface area contributed by atoms with Crippen LogP contribution in [0, 0.1) is 22.7 Å². The maximum absolute atomic E-state index is 12.7. The molecule has 0 saturated heterocycles. The fourth-order valence-corrected chi connectivity index (χ4v) is 4.10. The Morgan fingerprint density at radius 3 is 1.95 bits per heavy atom. The van der Waals surface area contributed by atoms with E-state index in [-0.39, 0.29) is 22.7 Å². The van der Waals surface area contributed by atoms with E-state index in [1.807, 2.05) is 0 Å². The lowest BCUT2D eigenvalue weighted by Gasteiger charge is -2.39. The maximum atomic E-state index is 12.7. The molecule has 3 N–H and O–H groups in total. The molecule has 2 aliphatic rings. The Hall–Kier alpha value is -0.640. The highest BCUT2D eigenvalue weighted by atomic mass is 32.1. The van der Waals surface area contributed by atoms with Gasteiger partial charge < -0.3 is 11.1 Å². The van der Waals surface area contributed by atoms with Crippen LogP contribution in [0.5, 0.6) is 0 Å². The summed E-state index contributed by atoms with van der Waals surface area (Å²) in [5.41, 5.74) is 5.62. The first kappa shape index (κ1) is 15.7. The number of thiocarbonyl (C=S) groups is 1. The minimum Gasteiger partial charge on any atom is -0.391 e. The second-order valence-corrected chi connectivity index (χ2v) is 8.43. The average molecular weight is 296 g/mol. The van der Waals surface area contributed by atoms with E-state index < -0.39 is 5.54 Å². The first-order valence-corrected chi connectivity index (χ1v) is 8.07. The highest BCUT2D eigenvalue weighted by Gasteiger charge is 2.68. The van der Waals surface area contributed by atoms with Gasteiger partial charge in [0.05, 0.1) is 10.5 Å². The van der Waals surface area contributed by atoms with Gasteiger partial charge in [-0.25, -0.2) is 0 Å². The van der Waals surface area contributed by atoms with Crippen molar-refractivity contribution in [2.24, 2.45) is 28.4 Å². The van der Waals surface area contributed by atoms with Gasteiger partial charge in [-0.15, -0.1) is 0 Å². The van der Waals surface area contributed by atoms with Gasteiger partial charge in [-0.1, -0.05) is 46.8 Å². The van der Waals surface area contributed by atoms with Gasteiger partial charge in [-0.2, -0.15) is 0 Å². The third-order valence-electron chi connectivity index (χ3n) is 6.24. The average Bonchev–Trinajstić information content (AvgIpc) is 2.72. The van der Waals surface area contributed by atoms with Crippen molar-refractivity contribution in [1.82, 2.24) is 5.32 Å². The fourth-order valence-electron chi connectivity index (χ4n) is 3.85. The Labute approximate surface area is 128 Å². The molecule has 1 amide bonds. The van der Waals surface area contributed by atoms with Crippen molar-refractivity contribution in [3.8, 4) is 0 Å². The Bertz CT molecular complexity index is 420. The minimum absolute atomic E-state index is 0.0520. The summed E-state index contributed by atoms with van der Waals surface area (Å²) in [6.07, 6.45) is 3.91. The topological polar surface area (TPSA) is 55.1 Å². The lowest BCUT2D eigenvalue weighted by Crippen LogP contribution is -2.59. The van der Waals surface area contributed by atoms with Crippen LogP contribution in [0.2, 0.25) is 0 Å². The van der Waals surface area contributed by atoms with Gasteiger partial charge in [0.2, 0.25) is 5.91 Å². The molecule has 0 atom stereocenters. The van der Waals surface area contributed by atoms with E-state index in [1.54, 1.807) is 0 Å². The zero-order valence-electron chi connectivity index (χ0n) is 13.4. The van der Waals surface area contributed by atoms with Crippen molar-refractivity contribution >= 4 is 23.1 Å². The zero-order valence-corrected chi connectivity index (χ0v) is 14.2. The summed E-state index contributed by atoms with van der Waals surface area (Å²) in [6, 6.07) is 0. The molecule has 0 spiro atoms. The number of rotatable bonds is 3. The molecule has 3 nitrogen and oxygen atoms in total. The van der Waals surface area contributed by atoms with E-state index in [4.69, 9.17) is 18.0 Å². The molecule has 4 heteroatoms. The number of hydrogen-bond acceptors (Lipinski definition) is 2. The van der Waals surface area contributed by atoms with E-state index in [1.165, 1.54) is 0 Å². The number of nitrogens with one attached hydrogen (secondary N) is 1. The summed E-state index contributed by atoms with van der Waals surface area (Å²) in [5, 5.41) is 3.22.